The first-order valence-electron chi connectivity index (χ1n) is 5.21. The maximum absolute atomic E-state index is 11.6. The molecule has 0 atom stereocenters. The molecule has 4 heteroatoms. The minimum absolute atomic E-state index is 0.0924. The molecule has 0 aliphatic rings. The highest BCUT2D eigenvalue weighted by molar-refractivity contribution is 5.73. The number of rotatable bonds is 6. The lowest BCUT2D eigenvalue weighted by molar-refractivity contribution is -0.151. The third kappa shape index (κ3) is 5.33. The van der Waals surface area contributed by atoms with E-state index in [1.165, 1.54) is 6.08 Å². The first-order chi connectivity index (χ1) is 7.00. The Bertz CT molecular complexity index is 234. The molecule has 0 spiro atoms. The van der Waals surface area contributed by atoms with Gasteiger partial charge in [0.15, 0.2) is 0 Å². The Morgan fingerprint density at radius 2 is 1.80 bits per heavy atom. The minimum atomic E-state index is -0.207. The van der Waals surface area contributed by atoms with Gasteiger partial charge in [0.05, 0.1) is 12.5 Å². The molecule has 4 nitrogen and oxygen atoms in total. The van der Waals surface area contributed by atoms with Crippen LogP contribution in [0.2, 0.25) is 0 Å². The van der Waals surface area contributed by atoms with Crippen LogP contribution < -0.4 is 0 Å². The van der Waals surface area contributed by atoms with Gasteiger partial charge >= 0.3 is 5.97 Å². The van der Waals surface area contributed by atoms with Crippen molar-refractivity contribution in [1.82, 2.24) is 0 Å². The Morgan fingerprint density at radius 3 is 2.20 bits per heavy atom. The zero-order chi connectivity index (χ0) is 11.8. The number of isocyanates is 1. The zero-order valence-electron chi connectivity index (χ0n) is 9.82. The Labute approximate surface area is 90.7 Å². The van der Waals surface area contributed by atoms with E-state index in [-0.39, 0.29) is 36.9 Å². The molecule has 0 aromatic heterocycles. The Hall–Kier alpha value is -1.15. The predicted octanol–water partition coefficient (Wildman–Crippen LogP) is 1.79. The first kappa shape index (κ1) is 13.8. The average molecular weight is 213 g/mol. The van der Waals surface area contributed by atoms with Crippen LogP contribution in [0.5, 0.6) is 0 Å². The van der Waals surface area contributed by atoms with Crippen LogP contribution in [0.4, 0.5) is 0 Å². The Kier molecular flexibility index (Phi) is 6.63. The van der Waals surface area contributed by atoms with Gasteiger partial charge in [0.1, 0.15) is 6.61 Å². The van der Waals surface area contributed by atoms with Crippen molar-refractivity contribution in [2.45, 2.75) is 27.7 Å². The molecule has 15 heavy (non-hydrogen) atoms. The van der Waals surface area contributed by atoms with Crippen LogP contribution in [0, 0.1) is 17.8 Å². The van der Waals surface area contributed by atoms with Crippen LogP contribution >= 0.6 is 0 Å². The van der Waals surface area contributed by atoms with Crippen molar-refractivity contribution >= 4 is 12.0 Å². The highest BCUT2D eigenvalue weighted by Gasteiger charge is 2.26. The molecule has 0 rings (SSSR count). The summed E-state index contributed by atoms with van der Waals surface area (Å²) in [6.45, 7) is 8.33. The molecule has 0 heterocycles. The van der Waals surface area contributed by atoms with Crippen LogP contribution in [0.1, 0.15) is 27.7 Å². The fraction of sp³-hybridized carbons (Fsp3) is 0.818. The summed E-state index contributed by atoms with van der Waals surface area (Å²) < 4.78 is 5.02. The largest absolute Gasteiger partial charge is 0.463 e. The number of carbonyl (C=O) groups is 1. The van der Waals surface area contributed by atoms with E-state index < -0.39 is 0 Å². The number of esters is 1. The van der Waals surface area contributed by atoms with Gasteiger partial charge in [-0.3, -0.25) is 4.79 Å². The molecular formula is C11H19NO3. The fourth-order valence-corrected chi connectivity index (χ4v) is 1.65. The SMILES string of the molecule is CC(C)C(C(=O)OCCN=C=O)C(C)C. The van der Waals surface area contributed by atoms with E-state index >= 15 is 0 Å². The summed E-state index contributed by atoms with van der Waals surface area (Å²) in [5.74, 6) is 0.213. The van der Waals surface area contributed by atoms with E-state index in [9.17, 15) is 9.59 Å². The Balaban J connectivity index is 4.09. The van der Waals surface area contributed by atoms with Crippen molar-refractivity contribution in [2.75, 3.05) is 13.2 Å². The smallest absolute Gasteiger partial charge is 0.309 e. The third-order valence-corrected chi connectivity index (χ3v) is 2.22. The third-order valence-electron chi connectivity index (χ3n) is 2.22. The molecule has 0 aromatic carbocycles. The molecule has 0 aliphatic heterocycles. The van der Waals surface area contributed by atoms with Crippen LogP contribution in [-0.4, -0.2) is 25.2 Å². The second-order valence-electron chi connectivity index (χ2n) is 4.15. The number of hydrogen-bond donors (Lipinski definition) is 0. The Morgan fingerprint density at radius 1 is 1.27 bits per heavy atom. The molecule has 0 radical (unpaired) electrons. The maximum atomic E-state index is 11.6. The van der Waals surface area contributed by atoms with Crippen molar-refractivity contribution in [2.24, 2.45) is 22.7 Å². The highest BCUT2D eigenvalue weighted by atomic mass is 16.5. The first-order valence-corrected chi connectivity index (χ1v) is 5.21. The zero-order valence-corrected chi connectivity index (χ0v) is 9.82. The van der Waals surface area contributed by atoms with Crippen molar-refractivity contribution in [3.8, 4) is 0 Å². The predicted molar refractivity (Wildman–Crippen MR) is 57.1 cm³/mol. The standard InChI is InChI=1S/C11H19NO3/c1-8(2)10(9(3)4)11(14)15-6-5-12-7-13/h8-10H,5-6H2,1-4H3. The number of carbonyl (C=O) groups excluding carboxylic acids is 2. The fourth-order valence-electron chi connectivity index (χ4n) is 1.65. The van der Waals surface area contributed by atoms with Crippen LogP contribution in [-0.2, 0) is 14.3 Å². The molecule has 0 aliphatic carbocycles. The van der Waals surface area contributed by atoms with Crippen molar-refractivity contribution in [1.29, 1.82) is 0 Å². The monoisotopic (exact) mass is 213 g/mol. The number of ether oxygens (including phenoxy) is 1. The molecule has 0 bridgehead atoms. The van der Waals surface area contributed by atoms with E-state index in [1.807, 2.05) is 27.7 Å². The van der Waals surface area contributed by atoms with Gasteiger partial charge in [-0.15, -0.1) is 0 Å². The summed E-state index contributed by atoms with van der Waals surface area (Å²) in [6.07, 6.45) is 1.40. The van der Waals surface area contributed by atoms with Crippen molar-refractivity contribution in [3.63, 3.8) is 0 Å². The van der Waals surface area contributed by atoms with Crippen LogP contribution in [0.15, 0.2) is 4.99 Å². The quantitative estimate of drug-likeness (QED) is 0.292. The molecular weight excluding hydrogens is 194 g/mol. The summed E-state index contributed by atoms with van der Waals surface area (Å²) >= 11 is 0. The van der Waals surface area contributed by atoms with E-state index in [1.54, 1.807) is 0 Å². The normalized spacial score (nSPS) is 10.6. The number of hydrogen-bond acceptors (Lipinski definition) is 4. The number of aliphatic imine (C=N–C) groups is 1. The van der Waals surface area contributed by atoms with Gasteiger partial charge in [-0.25, -0.2) is 9.79 Å². The van der Waals surface area contributed by atoms with E-state index in [0.717, 1.165) is 0 Å². The van der Waals surface area contributed by atoms with Gasteiger partial charge < -0.3 is 4.74 Å². The summed E-state index contributed by atoms with van der Waals surface area (Å²) in [7, 11) is 0. The van der Waals surface area contributed by atoms with Crippen molar-refractivity contribution in [3.05, 3.63) is 0 Å². The second-order valence-corrected chi connectivity index (χ2v) is 4.15. The molecule has 0 N–H and O–H groups in total. The summed E-state index contributed by atoms with van der Waals surface area (Å²) in [6, 6.07) is 0. The van der Waals surface area contributed by atoms with E-state index in [4.69, 9.17) is 4.74 Å². The van der Waals surface area contributed by atoms with Gasteiger partial charge in [0.25, 0.3) is 0 Å². The summed E-state index contributed by atoms with van der Waals surface area (Å²) in [5, 5.41) is 0. The molecule has 0 amide bonds. The molecule has 0 saturated carbocycles. The van der Waals surface area contributed by atoms with Gasteiger partial charge in [-0.05, 0) is 11.8 Å². The maximum Gasteiger partial charge on any atom is 0.309 e. The lowest BCUT2D eigenvalue weighted by atomic mass is 9.86. The molecule has 86 valence electrons. The second kappa shape index (κ2) is 7.18. The molecule has 0 aromatic rings. The van der Waals surface area contributed by atoms with Gasteiger partial charge in [-0.1, -0.05) is 27.7 Å². The summed E-state index contributed by atoms with van der Waals surface area (Å²) in [5.41, 5.74) is 0. The highest BCUT2D eigenvalue weighted by Crippen LogP contribution is 2.21. The number of nitrogens with zero attached hydrogens (tertiary/aromatic N) is 1. The lowest BCUT2D eigenvalue weighted by Crippen LogP contribution is -2.28. The van der Waals surface area contributed by atoms with Gasteiger partial charge in [0.2, 0.25) is 6.08 Å². The van der Waals surface area contributed by atoms with Gasteiger partial charge in [-0.2, -0.15) is 0 Å². The van der Waals surface area contributed by atoms with Crippen LogP contribution in [0.3, 0.4) is 0 Å². The van der Waals surface area contributed by atoms with Crippen molar-refractivity contribution < 1.29 is 14.3 Å². The van der Waals surface area contributed by atoms with E-state index in [2.05, 4.69) is 4.99 Å². The molecule has 0 saturated heterocycles. The molecule has 0 fully saturated rings. The van der Waals surface area contributed by atoms with Crippen LogP contribution in [0.25, 0.3) is 0 Å². The topological polar surface area (TPSA) is 55.7 Å². The van der Waals surface area contributed by atoms with Gasteiger partial charge in [0, 0.05) is 0 Å². The van der Waals surface area contributed by atoms with E-state index in [0.29, 0.717) is 0 Å². The lowest BCUT2D eigenvalue weighted by Gasteiger charge is -2.22. The molecule has 0 unspecified atom stereocenters. The average Bonchev–Trinajstić information content (AvgIpc) is 2.11. The summed E-state index contributed by atoms with van der Waals surface area (Å²) in [4.78, 5) is 24.7. The minimum Gasteiger partial charge on any atom is -0.463 e.